The second-order valence-corrected chi connectivity index (χ2v) is 10.3. The molecular weight excluding hydrogens is 476 g/mol. The Balaban J connectivity index is 1.65. The van der Waals surface area contributed by atoms with Gasteiger partial charge in [0.25, 0.3) is 0 Å². The Kier molecular flexibility index (Phi) is 8.46. The first-order valence-corrected chi connectivity index (χ1v) is 13.3. The highest BCUT2D eigenvalue weighted by Gasteiger charge is 2.21. The van der Waals surface area contributed by atoms with Crippen molar-refractivity contribution in [2.24, 2.45) is 0 Å². The standard InChI is InChI=1S/C23H26N4O5S2/c1-4-27-20(15-34(30,31)19-11-9-16(3)10-12-19)25-26-23(27)33-14-21(28)24-18-8-6-7-17(13-18)22(29)32-5-2/h6-13H,4-5,14-15H2,1-3H3,(H,24,28). The quantitative estimate of drug-likeness (QED) is 0.330. The SMILES string of the molecule is CCOC(=O)c1cccc(NC(=O)CSc2nnc(CS(=O)(=O)c3ccc(C)cc3)n2CC)c1. The summed E-state index contributed by atoms with van der Waals surface area (Å²) in [5, 5.41) is 11.3. The van der Waals surface area contributed by atoms with Crippen LogP contribution in [0, 0.1) is 6.92 Å². The van der Waals surface area contributed by atoms with Crippen LogP contribution >= 0.6 is 11.8 Å². The maximum Gasteiger partial charge on any atom is 0.338 e. The number of ether oxygens (including phenoxy) is 1. The summed E-state index contributed by atoms with van der Waals surface area (Å²) < 4.78 is 32.2. The number of nitrogens with one attached hydrogen (secondary N) is 1. The predicted octanol–water partition coefficient (Wildman–Crippen LogP) is 3.49. The lowest BCUT2D eigenvalue weighted by molar-refractivity contribution is -0.113. The molecule has 1 aromatic heterocycles. The average Bonchev–Trinajstić information content (AvgIpc) is 3.19. The minimum Gasteiger partial charge on any atom is -0.462 e. The van der Waals surface area contributed by atoms with Gasteiger partial charge in [0.1, 0.15) is 11.6 Å². The summed E-state index contributed by atoms with van der Waals surface area (Å²) in [4.78, 5) is 24.5. The molecule has 1 amide bonds. The summed E-state index contributed by atoms with van der Waals surface area (Å²) in [5.41, 5.74) is 1.79. The van der Waals surface area contributed by atoms with Crippen LogP contribution in [0.1, 0.15) is 35.6 Å². The number of benzene rings is 2. The fourth-order valence-corrected chi connectivity index (χ4v) is 5.21. The number of rotatable bonds is 10. The maximum atomic E-state index is 12.8. The number of carbonyl (C=O) groups is 2. The molecule has 1 N–H and O–H groups in total. The van der Waals surface area contributed by atoms with E-state index in [1.54, 1.807) is 60.0 Å². The molecule has 180 valence electrons. The van der Waals surface area contributed by atoms with Gasteiger partial charge in [-0.15, -0.1) is 10.2 Å². The summed E-state index contributed by atoms with van der Waals surface area (Å²) in [6, 6.07) is 13.1. The van der Waals surface area contributed by atoms with Crippen LogP contribution < -0.4 is 5.32 Å². The highest BCUT2D eigenvalue weighted by Crippen LogP contribution is 2.22. The fraction of sp³-hybridized carbons (Fsp3) is 0.304. The van der Waals surface area contributed by atoms with Crippen molar-refractivity contribution in [3.63, 3.8) is 0 Å². The molecule has 9 nitrogen and oxygen atoms in total. The Hall–Kier alpha value is -3.18. The molecule has 3 rings (SSSR count). The van der Waals surface area contributed by atoms with Crippen molar-refractivity contribution < 1.29 is 22.7 Å². The lowest BCUT2D eigenvalue weighted by Gasteiger charge is -2.09. The van der Waals surface area contributed by atoms with Gasteiger partial charge >= 0.3 is 5.97 Å². The molecule has 0 aliphatic rings. The number of aryl methyl sites for hydroxylation is 1. The van der Waals surface area contributed by atoms with Crippen LogP contribution in [-0.4, -0.2) is 47.4 Å². The molecule has 3 aromatic rings. The minimum absolute atomic E-state index is 0.0342. The Labute approximate surface area is 202 Å². The van der Waals surface area contributed by atoms with Crippen molar-refractivity contribution >= 4 is 39.2 Å². The predicted molar refractivity (Wildman–Crippen MR) is 130 cm³/mol. The third-order valence-corrected chi connectivity index (χ3v) is 7.39. The molecule has 0 atom stereocenters. The van der Waals surface area contributed by atoms with E-state index in [0.717, 1.165) is 17.3 Å². The van der Waals surface area contributed by atoms with E-state index in [4.69, 9.17) is 4.74 Å². The molecule has 0 fully saturated rings. The lowest BCUT2D eigenvalue weighted by Crippen LogP contribution is -2.15. The summed E-state index contributed by atoms with van der Waals surface area (Å²) in [5.74, 6) is -0.702. The molecule has 0 bridgehead atoms. The highest BCUT2D eigenvalue weighted by molar-refractivity contribution is 7.99. The summed E-state index contributed by atoms with van der Waals surface area (Å²) in [6.07, 6.45) is 0. The zero-order valence-electron chi connectivity index (χ0n) is 19.1. The van der Waals surface area contributed by atoms with Gasteiger partial charge in [0.2, 0.25) is 5.91 Å². The third-order valence-electron chi connectivity index (χ3n) is 4.80. The topological polar surface area (TPSA) is 120 Å². The van der Waals surface area contributed by atoms with Crippen molar-refractivity contribution in [3.8, 4) is 0 Å². The van der Waals surface area contributed by atoms with E-state index in [1.165, 1.54) is 0 Å². The molecular formula is C23H26N4O5S2. The van der Waals surface area contributed by atoms with Crippen LogP contribution in [0.4, 0.5) is 5.69 Å². The molecule has 0 unspecified atom stereocenters. The van der Waals surface area contributed by atoms with Crippen LogP contribution in [0.15, 0.2) is 58.6 Å². The second-order valence-electron chi connectivity index (χ2n) is 7.35. The van der Waals surface area contributed by atoms with E-state index in [-0.39, 0.29) is 28.9 Å². The smallest absolute Gasteiger partial charge is 0.338 e. The Morgan fingerprint density at radius 3 is 2.50 bits per heavy atom. The average molecular weight is 503 g/mol. The Morgan fingerprint density at radius 2 is 1.82 bits per heavy atom. The van der Waals surface area contributed by atoms with Gasteiger partial charge in [-0.05, 0) is 51.1 Å². The first-order valence-electron chi connectivity index (χ1n) is 10.6. The van der Waals surface area contributed by atoms with E-state index >= 15 is 0 Å². The lowest BCUT2D eigenvalue weighted by atomic mass is 10.2. The van der Waals surface area contributed by atoms with Crippen molar-refractivity contribution in [2.75, 3.05) is 17.7 Å². The van der Waals surface area contributed by atoms with E-state index < -0.39 is 15.8 Å². The van der Waals surface area contributed by atoms with Gasteiger partial charge in [0, 0.05) is 12.2 Å². The third kappa shape index (κ3) is 6.45. The number of hydrogen-bond donors (Lipinski definition) is 1. The normalized spacial score (nSPS) is 11.3. The molecule has 0 aliphatic carbocycles. The number of nitrogens with zero attached hydrogens (tertiary/aromatic N) is 3. The molecule has 11 heteroatoms. The molecule has 0 aliphatic heterocycles. The van der Waals surface area contributed by atoms with Crippen LogP contribution in [0.2, 0.25) is 0 Å². The molecule has 0 saturated carbocycles. The van der Waals surface area contributed by atoms with Crippen LogP contribution in [0.5, 0.6) is 0 Å². The first kappa shape index (κ1) is 25.4. The molecule has 0 spiro atoms. The minimum atomic E-state index is -3.59. The number of amides is 1. The molecule has 1 heterocycles. The van der Waals surface area contributed by atoms with Gasteiger partial charge in [-0.2, -0.15) is 0 Å². The number of esters is 1. The van der Waals surface area contributed by atoms with Crippen molar-refractivity contribution in [1.82, 2.24) is 14.8 Å². The fourth-order valence-electron chi connectivity index (χ4n) is 3.11. The van der Waals surface area contributed by atoms with Gasteiger partial charge in [0.05, 0.1) is 22.8 Å². The van der Waals surface area contributed by atoms with Gasteiger partial charge in [0.15, 0.2) is 15.0 Å². The Morgan fingerprint density at radius 1 is 1.09 bits per heavy atom. The molecule has 2 aromatic carbocycles. The highest BCUT2D eigenvalue weighted by atomic mass is 32.2. The van der Waals surface area contributed by atoms with E-state index in [2.05, 4.69) is 15.5 Å². The summed E-state index contributed by atoms with van der Waals surface area (Å²) >= 11 is 1.15. The summed E-state index contributed by atoms with van der Waals surface area (Å²) in [6.45, 7) is 6.19. The van der Waals surface area contributed by atoms with Crippen molar-refractivity contribution in [2.45, 2.75) is 43.1 Å². The van der Waals surface area contributed by atoms with Gasteiger partial charge < -0.3 is 14.6 Å². The number of anilines is 1. The number of sulfone groups is 1. The zero-order valence-corrected chi connectivity index (χ0v) is 20.8. The first-order chi connectivity index (χ1) is 16.2. The monoisotopic (exact) mass is 502 g/mol. The van der Waals surface area contributed by atoms with E-state index in [1.807, 2.05) is 13.8 Å². The van der Waals surface area contributed by atoms with Crippen molar-refractivity contribution in [1.29, 1.82) is 0 Å². The second kappa shape index (κ2) is 11.3. The van der Waals surface area contributed by atoms with Gasteiger partial charge in [-0.25, -0.2) is 13.2 Å². The van der Waals surface area contributed by atoms with Gasteiger partial charge in [-0.3, -0.25) is 4.79 Å². The van der Waals surface area contributed by atoms with Crippen LogP contribution in [0.3, 0.4) is 0 Å². The molecule has 0 saturated heterocycles. The number of thioether (sulfide) groups is 1. The zero-order chi connectivity index (χ0) is 24.7. The molecule has 34 heavy (non-hydrogen) atoms. The van der Waals surface area contributed by atoms with E-state index in [9.17, 15) is 18.0 Å². The molecule has 0 radical (unpaired) electrons. The Bertz CT molecular complexity index is 1270. The number of hydrogen-bond acceptors (Lipinski definition) is 8. The van der Waals surface area contributed by atoms with Crippen LogP contribution in [-0.2, 0) is 31.7 Å². The number of aromatic nitrogens is 3. The van der Waals surface area contributed by atoms with E-state index in [0.29, 0.717) is 28.8 Å². The maximum absolute atomic E-state index is 12.8. The van der Waals surface area contributed by atoms with Gasteiger partial charge in [-0.1, -0.05) is 35.5 Å². The van der Waals surface area contributed by atoms with Crippen LogP contribution in [0.25, 0.3) is 0 Å². The largest absolute Gasteiger partial charge is 0.462 e. The number of carbonyl (C=O) groups excluding carboxylic acids is 2. The van der Waals surface area contributed by atoms with Crippen molar-refractivity contribution in [3.05, 3.63) is 65.5 Å². The summed E-state index contributed by atoms with van der Waals surface area (Å²) in [7, 11) is -3.59.